The summed E-state index contributed by atoms with van der Waals surface area (Å²) in [4.78, 5) is 0.475. The molecule has 0 aliphatic heterocycles. The van der Waals surface area contributed by atoms with Crippen molar-refractivity contribution in [3.8, 4) is 0 Å². The van der Waals surface area contributed by atoms with E-state index in [1.54, 1.807) is 6.08 Å². The van der Waals surface area contributed by atoms with Crippen LogP contribution in [0.25, 0.3) is 0 Å². The van der Waals surface area contributed by atoms with E-state index in [1.165, 1.54) is 0 Å². The van der Waals surface area contributed by atoms with Gasteiger partial charge in [-0.25, -0.2) is 4.39 Å². The molecule has 0 fully saturated rings. The summed E-state index contributed by atoms with van der Waals surface area (Å²) < 4.78 is 13.9. The molecule has 1 aromatic carbocycles. The van der Waals surface area contributed by atoms with Gasteiger partial charge in [-0.05, 0) is 36.8 Å². The van der Waals surface area contributed by atoms with Crippen molar-refractivity contribution in [3.63, 3.8) is 0 Å². The average molecular weight is 236 g/mol. The molecule has 0 N–H and O–H groups in total. The Morgan fingerprint density at radius 2 is 1.56 bits per heavy atom. The van der Waals surface area contributed by atoms with Gasteiger partial charge < -0.3 is 0 Å². The third kappa shape index (κ3) is 3.24. The van der Waals surface area contributed by atoms with Gasteiger partial charge in [0.25, 0.3) is 0 Å². The number of rotatable bonds is 6. The Bertz CT molecular complexity index is 346. The summed E-state index contributed by atoms with van der Waals surface area (Å²) in [5, 5.41) is 0. The second-order valence-electron chi connectivity index (χ2n) is 3.70. The van der Waals surface area contributed by atoms with Gasteiger partial charge in [-0.1, -0.05) is 24.3 Å². The van der Waals surface area contributed by atoms with Crippen LogP contribution >= 0.6 is 12.6 Å². The van der Waals surface area contributed by atoms with Crippen LogP contribution in [0.3, 0.4) is 0 Å². The zero-order valence-corrected chi connectivity index (χ0v) is 10.3. The third-order valence-corrected chi connectivity index (χ3v) is 3.00. The van der Waals surface area contributed by atoms with Crippen LogP contribution in [0, 0.1) is 5.82 Å². The lowest BCUT2D eigenvalue weighted by Gasteiger charge is -2.09. The molecule has 0 nitrogen and oxygen atoms in total. The first-order chi connectivity index (χ1) is 7.70. The predicted molar refractivity (Wildman–Crippen MR) is 70.7 cm³/mol. The SMILES string of the molecule is C=CCCc1ccc(CCC=C)c(S)c1F. The van der Waals surface area contributed by atoms with Gasteiger partial charge in [-0.3, -0.25) is 0 Å². The van der Waals surface area contributed by atoms with Crippen LogP contribution in [0.5, 0.6) is 0 Å². The number of thiol groups is 1. The van der Waals surface area contributed by atoms with Gasteiger partial charge in [-0.2, -0.15) is 0 Å². The minimum Gasteiger partial charge on any atom is -0.205 e. The predicted octanol–water partition coefficient (Wildman–Crippen LogP) is 4.35. The first-order valence-electron chi connectivity index (χ1n) is 5.41. The van der Waals surface area contributed by atoms with E-state index in [4.69, 9.17) is 0 Å². The maximum absolute atomic E-state index is 13.9. The first-order valence-corrected chi connectivity index (χ1v) is 5.86. The number of allylic oxidation sites excluding steroid dienone is 2. The second-order valence-corrected chi connectivity index (χ2v) is 4.15. The lowest BCUT2D eigenvalue weighted by molar-refractivity contribution is 0.580. The fourth-order valence-electron chi connectivity index (χ4n) is 1.56. The van der Waals surface area contributed by atoms with E-state index >= 15 is 0 Å². The molecular weight excluding hydrogens is 219 g/mol. The van der Waals surface area contributed by atoms with Crippen LogP contribution in [0.4, 0.5) is 4.39 Å². The maximum atomic E-state index is 13.9. The molecule has 1 rings (SSSR count). The van der Waals surface area contributed by atoms with Crippen LogP contribution in [-0.2, 0) is 12.8 Å². The highest BCUT2D eigenvalue weighted by molar-refractivity contribution is 7.80. The van der Waals surface area contributed by atoms with Crippen molar-refractivity contribution >= 4 is 12.6 Å². The van der Waals surface area contributed by atoms with E-state index in [0.717, 1.165) is 24.8 Å². The number of hydrogen-bond acceptors (Lipinski definition) is 1. The minimum atomic E-state index is -0.188. The van der Waals surface area contributed by atoms with Gasteiger partial charge in [-0.15, -0.1) is 25.8 Å². The summed E-state index contributed by atoms with van der Waals surface area (Å²) >= 11 is 4.24. The molecular formula is C14H17FS. The third-order valence-electron chi connectivity index (χ3n) is 2.52. The summed E-state index contributed by atoms with van der Waals surface area (Å²) in [5.41, 5.74) is 1.66. The van der Waals surface area contributed by atoms with E-state index < -0.39 is 0 Å². The van der Waals surface area contributed by atoms with E-state index in [0.29, 0.717) is 16.9 Å². The smallest absolute Gasteiger partial charge is 0.139 e. The summed E-state index contributed by atoms with van der Waals surface area (Å²) in [6.07, 6.45) is 6.74. The molecule has 0 radical (unpaired) electrons. The highest BCUT2D eigenvalue weighted by Gasteiger charge is 2.09. The quantitative estimate of drug-likeness (QED) is 0.551. The summed E-state index contributed by atoms with van der Waals surface area (Å²) in [6.45, 7) is 7.29. The Kier molecular flexibility index (Phi) is 5.33. The molecule has 16 heavy (non-hydrogen) atoms. The maximum Gasteiger partial charge on any atom is 0.139 e. The molecule has 0 aliphatic rings. The normalized spacial score (nSPS) is 10.1. The van der Waals surface area contributed by atoms with Gasteiger partial charge in [0.05, 0.1) is 0 Å². The number of halogens is 1. The molecule has 0 unspecified atom stereocenters. The molecule has 0 aromatic heterocycles. The standard InChI is InChI=1S/C14H17FS/c1-3-5-7-11-9-10-12(8-6-4-2)14(16)13(11)15/h3-4,9-10,16H,1-2,5-8H2. The Hall–Kier alpha value is -1.02. The van der Waals surface area contributed by atoms with Crippen LogP contribution < -0.4 is 0 Å². The monoisotopic (exact) mass is 236 g/mol. The lowest BCUT2D eigenvalue weighted by atomic mass is 10.0. The van der Waals surface area contributed by atoms with Crippen LogP contribution in [-0.4, -0.2) is 0 Å². The Morgan fingerprint density at radius 1 is 1.06 bits per heavy atom. The summed E-state index contributed by atoms with van der Waals surface area (Å²) in [6, 6.07) is 3.80. The molecule has 0 amide bonds. The zero-order valence-electron chi connectivity index (χ0n) is 9.38. The Morgan fingerprint density at radius 3 is 2.12 bits per heavy atom. The van der Waals surface area contributed by atoms with Crippen molar-refractivity contribution in [2.75, 3.05) is 0 Å². The van der Waals surface area contributed by atoms with Gasteiger partial charge >= 0.3 is 0 Å². The Balaban J connectivity index is 2.88. The molecule has 0 heterocycles. The molecule has 0 spiro atoms. The zero-order chi connectivity index (χ0) is 12.0. The topological polar surface area (TPSA) is 0 Å². The molecule has 86 valence electrons. The van der Waals surface area contributed by atoms with Crippen LogP contribution in [0.1, 0.15) is 24.0 Å². The molecule has 0 saturated heterocycles. The molecule has 1 aromatic rings. The van der Waals surface area contributed by atoms with Crippen LogP contribution in [0.15, 0.2) is 42.3 Å². The molecule has 0 atom stereocenters. The molecule has 0 saturated carbocycles. The minimum absolute atomic E-state index is 0.188. The molecule has 0 aliphatic carbocycles. The van der Waals surface area contributed by atoms with Crippen molar-refractivity contribution < 1.29 is 4.39 Å². The van der Waals surface area contributed by atoms with Crippen molar-refractivity contribution in [2.24, 2.45) is 0 Å². The van der Waals surface area contributed by atoms with Crippen molar-refractivity contribution in [2.45, 2.75) is 30.6 Å². The fourth-order valence-corrected chi connectivity index (χ4v) is 1.89. The lowest BCUT2D eigenvalue weighted by Crippen LogP contribution is -1.96. The molecule has 0 bridgehead atoms. The van der Waals surface area contributed by atoms with Gasteiger partial charge in [0.1, 0.15) is 5.82 Å². The highest BCUT2D eigenvalue weighted by Crippen LogP contribution is 2.23. The van der Waals surface area contributed by atoms with E-state index in [-0.39, 0.29) is 5.82 Å². The van der Waals surface area contributed by atoms with E-state index in [9.17, 15) is 4.39 Å². The van der Waals surface area contributed by atoms with E-state index in [1.807, 2.05) is 18.2 Å². The van der Waals surface area contributed by atoms with Gasteiger partial charge in [0, 0.05) is 4.90 Å². The van der Waals surface area contributed by atoms with Crippen molar-refractivity contribution in [1.29, 1.82) is 0 Å². The first kappa shape index (κ1) is 13.0. The number of hydrogen-bond donors (Lipinski definition) is 1. The van der Waals surface area contributed by atoms with Gasteiger partial charge in [0.15, 0.2) is 0 Å². The van der Waals surface area contributed by atoms with Crippen molar-refractivity contribution in [1.82, 2.24) is 0 Å². The van der Waals surface area contributed by atoms with E-state index in [2.05, 4.69) is 25.8 Å². The van der Waals surface area contributed by atoms with Gasteiger partial charge in [0.2, 0.25) is 0 Å². The number of benzene rings is 1. The second kappa shape index (κ2) is 6.54. The molecule has 2 heteroatoms. The largest absolute Gasteiger partial charge is 0.205 e. The van der Waals surface area contributed by atoms with Crippen molar-refractivity contribution in [3.05, 3.63) is 54.4 Å². The summed E-state index contributed by atoms with van der Waals surface area (Å²) in [7, 11) is 0. The summed E-state index contributed by atoms with van der Waals surface area (Å²) in [5.74, 6) is -0.188. The Labute approximate surface area is 102 Å². The average Bonchev–Trinajstić information content (AvgIpc) is 2.30. The number of aryl methyl sites for hydroxylation is 2. The fraction of sp³-hybridized carbons (Fsp3) is 0.286. The highest BCUT2D eigenvalue weighted by atomic mass is 32.1. The van der Waals surface area contributed by atoms with Crippen LogP contribution in [0.2, 0.25) is 0 Å².